The number of ether oxygens (including phenoxy) is 1. The summed E-state index contributed by atoms with van der Waals surface area (Å²) >= 11 is 0. The van der Waals surface area contributed by atoms with Crippen molar-refractivity contribution in [1.82, 2.24) is 20.3 Å². The van der Waals surface area contributed by atoms with Gasteiger partial charge in [0, 0.05) is 13.7 Å². The van der Waals surface area contributed by atoms with Crippen LogP contribution in [0.4, 0.5) is 0 Å². The highest BCUT2D eigenvalue weighted by Crippen LogP contribution is 2.19. The summed E-state index contributed by atoms with van der Waals surface area (Å²) < 4.78 is 7.19. The lowest BCUT2D eigenvalue weighted by Gasteiger charge is -2.18. The fourth-order valence-electron chi connectivity index (χ4n) is 1.55. The van der Waals surface area contributed by atoms with Crippen molar-refractivity contribution in [3.63, 3.8) is 0 Å². The van der Waals surface area contributed by atoms with Crippen LogP contribution >= 0.6 is 0 Å². The molecule has 0 aliphatic rings. The molecule has 1 atom stereocenters. The number of aromatic nitrogens is 3. The average molecular weight is 226 g/mol. The lowest BCUT2D eigenvalue weighted by Crippen LogP contribution is -2.17. The van der Waals surface area contributed by atoms with Gasteiger partial charge in [0.05, 0.1) is 18.3 Å². The standard InChI is InChI=1S/C11H22N4O/c1-8(2)9(3)15-11(7-16-5)10(6-12-4)13-14-15/h8-9,12H,6-7H2,1-5H3. The van der Waals surface area contributed by atoms with Gasteiger partial charge in [0.25, 0.3) is 0 Å². The van der Waals surface area contributed by atoms with Crippen molar-refractivity contribution < 1.29 is 4.74 Å². The van der Waals surface area contributed by atoms with Crippen LogP contribution in [0.25, 0.3) is 0 Å². The smallest absolute Gasteiger partial charge is 0.102 e. The van der Waals surface area contributed by atoms with Gasteiger partial charge in [-0.15, -0.1) is 5.10 Å². The van der Waals surface area contributed by atoms with Crippen LogP contribution in [-0.4, -0.2) is 29.2 Å². The molecule has 0 radical (unpaired) electrons. The second-order valence-corrected chi connectivity index (χ2v) is 4.38. The van der Waals surface area contributed by atoms with Gasteiger partial charge in [-0.25, -0.2) is 4.68 Å². The fourth-order valence-corrected chi connectivity index (χ4v) is 1.55. The molecule has 1 heterocycles. The van der Waals surface area contributed by atoms with Crippen molar-refractivity contribution in [2.24, 2.45) is 5.92 Å². The molecule has 0 spiro atoms. The number of methoxy groups -OCH3 is 1. The average Bonchev–Trinajstić information content (AvgIpc) is 2.62. The lowest BCUT2D eigenvalue weighted by atomic mass is 10.1. The lowest BCUT2D eigenvalue weighted by molar-refractivity contribution is 0.171. The minimum absolute atomic E-state index is 0.336. The fraction of sp³-hybridized carbons (Fsp3) is 0.818. The molecular formula is C11H22N4O. The third-order valence-corrected chi connectivity index (χ3v) is 2.85. The van der Waals surface area contributed by atoms with Gasteiger partial charge in [0.1, 0.15) is 5.69 Å². The van der Waals surface area contributed by atoms with Crippen molar-refractivity contribution in [1.29, 1.82) is 0 Å². The van der Waals surface area contributed by atoms with E-state index in [9.17, 15) is 0 Å². The maximum atomic E-state index is 5.22. The minimum atomic E-state index is 0.336. The molecule has 0 amide bonds. The monoisotopic (exact) mass is 226 g/mol. The molecule has 0 aliphatic heterocycles. The number of rotatable bonds is 6. The number of hydrogen-bond donors (Lipinski definition) is 1. The van der Waals surface area contributed by atoms with Gasteiger partial charge >= 0.3 is 0 Å². The molecule has 92 valence electrons. The Morgan fingerprint density at radius 2 is 2.06 bits per heavy atom. The summed E-state index contributed by atoms with van der Waals surface area (Å²) in [6.45, 7) is 7.80. The van der Waals surface area contributed by atoms with Crippen LogP contribution in [0.2, 0.25) is 0 Å². The van der Waals surface area contributed by atoms with Crippen LogP contribution in [0.1, 0.15) is 38.2 Å². The highest BCUT2D eigenvalue weighted by atomic mass is 16.5. The summed E-state index contributed by atoms with van der Waals surface area (Å²) in [7, 11) is 3.60. The first-order valence-electron chi connectivity index (χ1n) is 5.68. The normalized spacial score (nSPS) is 13.4. The number of nitrogens with zero attached hydrogens (tertiary/aromatic N) is 3. The van der Waals surface area contributed by atoms with E-state index in [0.717, 1.165) is 17.9 Å². The van der Waals surface area contributed by atoms with E-state index in [2.05, 4.69) is 36.4 Å². The zero-order chi connectivity index (χ0) is 12.1. The van der Waals surface area contributed by atoms with Gasteiger partial charge in [-0.1, -0.05) is 19.1 Å². The molecule has 16 heavy (non-hydrogen) atoms. The predicted molar refractivity (Wildman–Crippen MR) is 63.0 cm³/mol. The second-order valence-electron chi connectivity index (χ2n) is 4.38. The Bertz CT molecular complexity index is 322. The van der Waals surface area contributed by atoms with E-state index in [-0.39, 0.29) is 0 Å². The molecule has 1 aromatic rings. The van der Waals surface area contributed by atoms with Gasteiger partial charge in [-0.05, 0) is 19.9 Å². The molecule has 1 unspecified atom stereocenters. The molecule has 0 fully saturated rings. The molecule has 0 aromatic carbocycles. The van der Waals surface area contributed by atoms with Crippen molar-refractivity contribution >= 4 is 0 Å². The van der Waals surface area contributed by atoms with Gasteiger partial charge in [0.15, 0.2) is 0 Å². The Hall–Kier alpha value is -0.940. The molecule has 0 saturated carbocycles. The summed E-state index contributed by atoms with van der Waals surface area (Å²) in [5.74, 6) is 0.528. The maximum absolute atomic E-state index is 5.22. The Morgan fingerprint density at radius 3 is 2.56 bits per heavy atom. The first kappa shape index (κ1) is 13.1. The quantitative estimate of drug-likeness (QED) is 0.795. The molecule has 0 saturated heterocycles. The first-order chi connectivity index (χ1) is 7.61. The SMILES string of the molecule is CNCc1nnn(C(C)C(C)C)c1COC. The molecule has 1 rings (SSSR count). The Labute approximate surface area is 97.2 Å². The van der Waals surface area contributed by atoms with Gasteiger partial charge < -0.3 is 10.1 Å². The maximum Gasteiger partial charge on any atom is 0.102 e. The summed E-state index contributed by atoms with van der Waals surface area (Å²) in [5.41, 5.74) is 2.04. The third kappa shape index (κ3) is 2.80. The van der Waals surface area contributed by atoms with E-state index in [1.54, 1.807) is 7.11 Å². The van der Waals surface area contributed by atoms with Gasteiger partial charge in [0.2, 0.25) is 0 Å². The van der Waals surface area contributed by atoms with E-state index < -0.39 is 0 Å². The van der Waals surface area contributed by atoms with Crippen molar-refractivity contribution in [2.45, 2.75) is 40.0 Å². The van der Waals surface area contributed by atoms with Crippen molar-refractivity contribution in [3.8, 4) is 0 Å². The third-order valence-electron chi connectivity index (χ3n) is 2.85. The van der Waals surface area contributed by atoms with E-state index in [0.29, 0.717) is 18.6 Å². The van der Waals surface area contributed by atoms with Gasteiger partial charge in [-0.3, -0.25) is 0 Å². The summed E-state index contributed by atoms with van der Waals surface area (Å²) in [6.07, 6.45) is 0. The summed E-state index contributed by atoms with van der Waals surface area (Å²) in [6, 6.07) is 0.336. The van der Waals surface area contributed by atoms with E-state index in [1.807, 2.05) is 11.7 Å². The Kier molecular flexibility index (Phi) is 4.89. The van der Waals surface area contributed by atoms with Crippen molar-refractivity contribution in [3.05, 3.63) is 11.4 Å². The zero-order valence-electron chi connectivity index (χ0n) is 10.8. The summed E-state index contributed by atoms with van der Waals surface area (Å²) in [4.78, 5) is 0. The van der Waals surface area contributed by atoms with Gasteiger partial charge in [-0.2, -0.15) is 0 Å². The zero-order valence-corrected chi connectivity index (χ0v) is 10.8. The second kappa shape index (κ2) is 5.96. The molecule has 0 bridgehead atoms. The number of hydrogen-bond acceptors (Lipinski definition) is 4. The van der Waals surface area contributed by atoms with E-state index >= 15 is 0 Å². The minimum Gasteiger partial charge on any atom is -0.378 e. The summed E-state index contributed by atoms with van der Waals surface area (Å²) in [5, 5.41) is 11.5. The predicted octanol–water partition coefficient (Wildman–Crippen LogP) is 1.36. The molecule has 5 heteroatoms. The van der Waals surface area contributed by atoms with Crippen LogP contribution in [0.15, 0.2) is 0 Å². The number of nitrogens with one attached hydrogen (secondary N) is 1. The van der Waals surface area contributed by atoms with Crippen molar-refractivity contribution in [2.75, 3.05) is 14.2 Å². The molecule has 5 nitrogen and oxygen atoms in total. The highest BCUT2D eigenvalue weighted by molar-refractivity contribution is 5.10. The largest absolute Gasteiger partial charge is 0.378 e. The molecular weight excluding hydrogens is 204 g/mol. The van der Waals surface area contributed by atoms with Crippen LogP contribution < -0.4 is 5.32 Å². The Morgan fingerprint density at radius 1 is 1.38 bits per heavy atom. The van der Waals surface area contributed by atoms with Crippen LogP contribution in [0, 0.1) is 5.92 Å². The molecule has 0 aliphatic carbocycles. The molecule has 1 aromatic heterocycles. The Balaban J connectivity index is 2.99. The topological polar surface area (TPSA) is 52.0 Å². The van der Waals surface area contributed by atoms with E-state index in [1.165, 1.54) is 0 Å². The van der Waals surface area contributed by atoms with E-state index in [4.69, 9.17) is 4.74 Å². The first-order valence-corrected chi connectivity index (χ1v) is 5.68. The van der Waals surface area contributed by atoms with Crippen LogP contribution in [0.5, 0.6) is 0 Å². The molecule has 1 N–H and O–H groups in total. The highest BCUT2D eigenvalue weighted by Gasteiger charge is 2.18. The van der Waals surface area contributed by atoms with Crippen LogP contribution in [-0.2, 0) is 17.9 Å². The van der Waals surface area contributed by atoms with Crippen LogP contribution in [0.3, 0.4) is 0 Å².